The van der Waals surface area contributed by atoms with E-state index in [-0.39, 0.29) is 23.5 Å². The summed E-state index contributed by atoms with van der Waals surface area (Å²) in [6.07, 6.45) is 1.57. The molecule has 1 fully saturated rings. The molecule has 3 heterocycles. The van der Waals surface area contributed by atoms with E-state index in [0.717, 1.165) is 23.3 Å². The Morgan fingerprint density at radius 3 is 2.30 bits per heavy atom. The van der Waals surface area contributed by atoms with Gasteiger partial charge in [0.05, 0.1) is 27.8 Å². The Bertz CT molecular complexity index is 1250. The van der Waals surface area contributed by atoms with Crippen molar-refractivity contribution in [3.8, 4) is 11.5 Å². The number of amides is 1. The minimum absolute atomic E-state index is 0.113. The highest BCUT2D eigenvalue weighted by atomic mass is 16.7. The fourth-order valence-corrected chi connectivity index (χ4v) is 5.64. The van der Waals surface area contributed by atoms with Crippen LogP contribution in [0.3, 0.4) is 0 Å². The van der Waals surface area contributed by atoms with Crippen LogP contribution in [0.15, 0.2) is 22.7 Å². The van der Waals surface area contributed by atoms with Gasteiger partial charge < -0.3 is 19.3 Å². The molecule has 0 saturated heterocycles. The minimum atomic E-state index is -0.804. The van der Waals surface area contributed by atoms with Gasteiger partial charge in [0.15, 0.2) is 17.3 Å². The highest BCUT2D eigenvalue weighted by Crippen LogP contribution is 2.70. The topological polar surface area (TPSA) is 99.4 Å². The molecule has 6 rings (SSSR count). The Morgan fingerprint density at radius 2 is 1.67 bits per heavy atom. The van der Waals surface area contributed by atoms with Gasteiger partial charge in [0, 0.05) is 23.6 Å². The molecule has 2 aromatic heterocycles. The molecule has 1 aliphatic heterocycles. The summed E-state index contributed by atoms with van der Waals surface area (Å²) in [5.41, 5.74) is 1.66. The van der Waals surface area contributed by atoms with Crippen LogP contribution in [0.2, 0.25) is 0 Å². The van der Waals surface area contributed by atoms with E-state index in [0.29, 0.717) is 35.0 Å². The number of hydrogen-bond acceptors (Lipinski definition) is 7. The van der Waals surface area contributed by atoms with Gasteiger partial charge in [-0.3, -0.25) is 4.79 Å². The number of aryl methyl sites for hydroxylation is 1. The first-order valence-corrected chi connectivity index (χ1v) is 10.1. The normalized spacial score (nSPS) is 27.5. The van der Waals surface area contributed by atoms with Gasteiger partial charge in [-0.15, -0.1) is 0 Å². The average Bonchev–Trinajstić information content (AvgIpc) is 3.40. The number of fused-ring (bicyclic) bond motifs is 7. The molecule has 0 radical (unpaired) electrons. The number of nitrogens with one attached hydrogen (secondary N) is 1. The predicted molar refractivity (Wildman–Crippen MR) is 108 cm³/mol. The Kier molecular flexibility index (Phi) is 3.12. The van der Waals surface area contributed by atoms with Crippen molar-refractivity contribution in [2.75, 3.05) is 12.1 Å². The van der Waals surface area contributed by atoms with E-state index in [9.17, 15) is 4.79 Å². The second-order valence-corrected chi connectivity index (χ2v) is 9.25. The zero-order valence-corrected chi connectivity index (χ0v) is 17.3. The maximum Gasteiger partial charge on any atom is 0.238 e. The van der Waals surface area contributed by atoms with Crippen molar-refractivity contribution in [2.45, 2.75) is 51.4 Å². The third-order valence-corrected chi connectivity index (χ3v) is 7.79. The third kappa shape index (κ3) is 1.87. The fraction of sp³-hybridized carbons (Fsp3) is 0.455. The second-order valence-electron chi connectivity index (χ2n) is 9.25. The van der Waals surface area contributed by atoms with Crippen LogP contribution in [0, 0.1) is 12.3 Å². The van der Waals surface area contributed by atoms with Crippen molar-refractivity contribution in [2.24, 2.45) is 5.41 Å². The van der Waals surface area contributed by atoms with Crippen LogP contribution in [0.5, 0.6) is 11.5 Å². The van der Waals surface area contributed by atoms with Crippen molar-refractivity contribution in [1.29, 1.82) is 0 Å². The van der Waals surface area contributed by atoms with E-state index in [2.05, 4.69) is 31.2 Å². The molecule has 8 nitrogen and oxygen atoms in total. The first-order valence-electron chi connectivity index (χ1n) is 10.1. The highest BCUT2D eigenvalue weighted by Gasteiger charge is 2.73. The summed E-state index contributed by atoms with van der Waals surface area (Å²) in [4.78, 5) is 23.7. The van der Waals surface area contributed by atoms with Crippen molar-refractivity contribution in [3.63, 3.8) is 0 Å². The van der Waals surface area contributed by atoms with Gasteiger partial charge in [-0.2, -0.15) is 0 Å². The number of carbonyl (C=O) groups is 1. The molecular weight excluding hydrogens is 384 g/mol. The Balaban J connectivity index is 1.56. The zero-order chi connectivity index (χ0) is 20.9. The minimum Gasteiger partial charge on any atom is -0.454 e. The smallest absolute Gasteiger partial charge is 0.238 e. The number of aromatic nitrogens is 3. The number of anilines is 1. The van der Waals surface area contributed by atoms with Gasteiger partial charge in [0.2, 0.25) is 12.7 Å². The molecule has 1 N–H and O–H groups in total. The lowest BCUT2D eigenvalue weighted by atomic mass is 9.63. The lowest BCUT2D eigenvalue weighted by Gasteiger charge is -2.39. The largest absolute Gasteiger partial charge is 0.454 e. The van der Waals surface area contributed by atoms with Crippen LogP contribution in [0.4, 0.5) is 5.82 Å². The number of benzene rings is 1. The first kappa shape index (κ1) is 17.7. The standard InChI is InChI=1S/C22H22N4O4/c1-11-7-16(26-30-11)25-19(27)22-6-5-21(4,20(22,2)3)17-18(22)24-13-9-15-14(28-10-29-15)8-12(13)23-17/h7-9H,5-6,10H2,1-4H3,(H,25,26,27). The van der Waals surface area contributed by atoms with E-state index in [1.54, 1.807) is 13.0 Å². The number of ether oxygens (including phenoxy) is 2. The van der Waals surface area contributed by atoms with Gasteiger partial charge >= 0.3 is 0 Å². The molecule has 1 saturated carbocycles. The molecule has 2 aliphatic carbocycles. The van der Waals surface area contributed by atoms with Gasteiger partial charge in [-0.1, -0.05) is 25.9 Å². The maximum atomic E-state index is 13.7. The SMILES string of the molecule is Cc1cc(NC(=O)C23CCC(C)(c4nc5cc6c(cc5nc42)OCO6)C3(C)C)no1. The van der Waals surface area contributed by atoms with Crippen molar-refractivity contribution < 1.29 is 18.8 Å². The maximum absolute atomic E-state index is 13.7. The summed E-state index contributed by atoms with van der Waals surface area (Å²) in [6.45, 7) is 8.48. The lowest BCUT2D eigenvalue weighted by Crippen LogP contribution is -2.48. The molecule has 2 bridgehead atoms. The van der Waals surface area contributed by atoms with Crippen molar-refractivity contribution >= 4 is 22.8 Å². The van der Waals surface area contributed by atoms with E-state index >= 15 is 0 Å². The second kappa shape index (κ2) is 5.30. The number of nitrogens with zero attached hydrogens (tertiary/aromatic N) is 3. The Labute approximate surface area is 173 Å². The summed E-state index contributed by atoms with van der Waals surface area (Å²) in [6, 6.07) is 5.44. The quantitative estimate of drug-likeness (QED) is 0.694. The molecule has 154 valence electrons. The molecule has 30 heavy (non-hydrogen) atoms. The fourth-order valence-electron chi connectivity index (χ4n) is 5.64. The average molecular weight is 406 g/mol. The summed E-state index contributed by atoms with van der Waals surface area (Å²) in [7, 11) is 0. The molecule has 3 aromatic rings. The number of hydrogen-bond donors (Lipinski definition) is 1. The summed E-state index contributed by atoms with van der Waals surface area (Å²) in [5, 5.41) is 6.91. The van der Waals surface area contributed by atoms with E-state index in [4.69, 9.17) is 24.0 Å². The first-order chi connectivity index (χ1) is 14.3. The van der Waals surface area contributed by atoms with Crippen LogP contribution in [-0.4, -0.2) is 27.8 Å². The molecule has 2 unspecified atom stereocenters. The zero-order valence-electron chi connectivity index (χ0n) is 17.3. The highest BCUT2D eigenvalue weighted by molar-refractivity contribution is 6.01. The molecular formula is C22H22N4O4. The van der Waals surface area contributed by atoms with Gasteiger partial charge in [0.25, 0.3) is 0 Å². The summed E-state index contributed by atoms with van der Waals surface area (Å²) in [5.74, 6) is 2.28. The van der Waals surface area contributed by atoms with Crippen LogP contribution >= 0.6 is 0 Å². The Morgan fingerprint density at radius 1 is 1.00 bits per heavy atom. The van der Waals surface area contributed by atoms with Crippen molar-refractivity contribution in [3.05, 3.63) is 35.3 Å². The van der Waals surface area contributed by atoms with Crippen LogP contribution in [-0.2, 0) is 15.6 Å². The van der Waals surface area contributed by atoms with Crippen LogP contribution < -0.4 is 14.8 Å². The Hall–Kier alpha value is -3.16. The lowest BCUT2D eigenvalue weighted by molar-refractivity contribution is -0.125. The molecule has 2 atom stereocenters. The molecule has 8 heteroatoms. The summed E-state index contributed by atoms with van der Waals surface area (Å²) < 4.78 is 16.2. The van der Waals surface area contributed by atoms with Gasteiger partial charge in [-0.25, -0.2) is 9.97 Å². The van der Waals surface area contributed by atoms with E-state index < -0.39 is 5.41 Å². The molecule has 1 aromatic carbocycles. The van der Waals surface area contributed by atoms with Crippen molar-refractivity contribution in [1.82, 2.24) is 15.1 Å². The third-order valence-electron chi connectivity index (χ3n) is 7.79. The van der Waals surface area contributed by atoms with Crippen LogP contribution in [0.25, 0.3) is 11.0 Å². The molecule has 1 amide bonds. The molecule has 0 spiro atoms. The van der Waals surface area contributed by atoms with Crippen LogP contribution in [0.1, 0.15) is 50.8 Å². The number of carbonyl (C=O) groups excluding carboxylic acids is 1. The number of rotatable bonds is 2. The van der Waals surface area contributed by atoms with Gasteiger partial charge in [0.1, 0.15) is 5.76 Å². The predicted octanol–water partition coefficient (Wildman–Crippen LogP) is 3.62. The van der Waals surface area contributed by atoms with E-state index in [1.807, 2.05) is 12.1 Å². The molecule has 3 aliphatic rings. The van der Waals surface area contributed by atoms with Gasteiger partial charge in [-0.05, 0) is 25.2 Å². The van der Waals surface area contributed by atoms with E-state index in [1.165, 1.54) is 0 Å². The monoisotopic (exact) mass is 406 g/mol. The summed E-state index contributed by atoms with van der Waals surface area (Å²) >= 11 is 0.